The van der Waals surface area contributed by atoms with Gasteiger partial charge in [0.15, 0.2) is 0 Å². The molecule has 0 spiro atoms. The zero-order valence-electron chi connectivity index (χ0n) is 18.4. The van der Waals surface area contributed by atoms with Crippen molar-refractivity contribution < 1.29 is 19.1 Å². The molecule has 2 saturated heterocycles. The molecule has 1 N–H and O–H groups in total. The number of amides is 2. The Morgan fingerprint density at radius 1 is 1.12 bits per heavy atom. The Kier molecular flexibility index (Phi) is 8.19. The highest BCUT2D eigenvalue weighted by Crippen LogP contribution is 2.27. The van der Waals surface area contributed by atoms with Gasteiger partial charge in [0, 0.05) is 38.9 Å². The van der Waals surface area contributed by atoms with E-state index in [0.29, 0.717) is 50.2 Å². The average molecular weight is 477 g/mol. The molecule has 4 rings (SSSR count). The normalized spacial score (nSPS) is 17.0. The molecule has 12 nitrogen and oxygen atoms in total. The SMILES string of the molecule is O=CN1CCN(c2nsnc2OCc2ccnc(NC(=O)OCCN3CCCCC3)n2)CC1. The lowest BCUT2D eigenvalue weighted by Gasteiger charge is -2.32. The Balaban J connectivity index is 1.24. The summed E-state index contributed by atoms with van der Waals surface area (Å²) in [6.07, 6.45) is 5.50. The molecule has 2 aromatic heterocycles. The van der Waals surface area contributed by atoms with Crippen LogP contribution in [0.1, 0.15) is 25.0 Å². The molecule has 13 heteroatoms. The van der Waals surface area contributed by atoms with Crippen LogP contribution in [-0.2, 0) is 16.1 Å². The molecule has 4 heterocycles. The van der Waals surface area contributed by atoms with Crippen LogP contribution in [0.2, 0.25) is 0 Å². The maximum Gasteiger partial charge on any atom is 0.414 e. The summed E-state index contributed by atoms with van der Waals surface area (Å²) < 4.78 is 19.7. The summed E-state index contributed by atoms with van der Waals surface area (Å²) in [5.41, 5.74) is 0.582. The molecule has 178 valence electrons. The summed E-state index contributed by atoms with van der Waals surface area (Å²) in [6.45, 7) is 5.93. The van der Waals surface area contributed by atoms with Gasteiger partial charge < -0.3 is 19.3 Å². The lowest BCUT2D eigenvalue weighted by Crippen LogP contribution is -2.45. The van der Waals surface area contributed by atoms with Crippen molar-refractivity contribution in [1.29, 1.82) is 0 Å². The summed E-state index contributed by atoms with van der Waals surface area (Å²) in [7, 11) is 0. The van der Waals surface area contributed by atoms with Gasteiger partial charge in [-0.2, -0.15) is 4.37 Å². The number of carbonyl (C=O) groups excluding carboxylic acids is 2. The van der Waals surface area contributed by atoms with E-state index < -0.39 is 6.09 Å². The highest BCUT2D eigenvalue weighted by molar-refractivity contribution is 6.99. The minimum Gasteiger partial charge on any atom is -0.468 e. The maximum atomic E-state index is 12.1. The Morgan fingerprint density at radius 3 is 2.73 bits per heavy atom. The molecule has 0 saturated carbocycles. The molecule has 2 amide bonds. The van der Waals surface area contributed by atoms with Gasteiger partial charge in [0.25, 0.3) is 5.88 Å². The molecule has 0 atom stereocenters. The van der Waals surface area contributed by atoms with Gasteiger partial charge in [-0.05, 0) is 32.0 Å². The number of piperidine rings is 1. The first-order valence-corrected chi connectivity index (χ1v) is 11.8. The van der Waals surface area contributed by atoms with E-state index in [1.165, 1.54) is 19.3 Å². The monoisotopic (exact) mass is 476 g/mol. The van der Waals surface area contributed by atoms with Gasteiger partial charge in [0.1, 0.15) is 13.2 Å². The van der Waals surface area contributed by atoms with Gasteiger partial charge in [-0.25, -0.2) is 14.8 Å². The fourth-order valence-corrected chi connectivity index (χ4v) is 4.28. The van der Waals surface area contributed by atoms with E-state index in [2.05, 4.69) is 28.9 Å². The van der Waals surface area contributed by atoms with Gasteiger partial charge >= 0.3 is 6.09 Å². The first-order valence-electron chi connectivity index (χ1n) is 11.1. The van der Waals surface area contributed by atoms with Gasteiger partial charge in [-0.15, -0.1) is 4.37 Å². The van der Waals surface area contributed by atoms with E-state index in [4.69, 9.17) is 9.47 Å². The molecule has 0 aliphatic carbocycles. The van der Waals surface area contributed by atoms with Crippen molar-refractivity contribution in [3.8, 4) is 5.88 Å². The minimum atomic E-state index is -0.578. The Morgan fingerprint density at radius 2 is 1.94 bits per heavy atom. The third-order valence-corrected chi connectivity index (χ3v) is 6.08. The number of ether oxygens (including phenoxy) is 2. The van der Waals surface area contributed by atoms with Crippen LogP contribution in [0.25, 0.3) is 0 Å². The zero-order chi connectivity index (χ0) is 22.9. The van der Waals surface area contributed by atoms with E-state index >= 15 is 0 Å². The van der Waals surface area contributed by atoms with Crippen LogP contribution in [0, 0.1) is 0 Å². The second-order valence-corrected chi connectivity index (χ2v) is 8.37. The summed E-state index contributed by atoms with van der Waals surface area (Å²) in [6, 6.07) is 1.70. The molecule has 33 heavy (non-hydrogen) atoms. The lowest BCUT2D eigenvalue weighted by atomic mass is 10.1. The second-order valence-electron chi connectivity index (χ2n) is 7.84. The number of hydrogen-bond donors (Lipinski definition) is 1. The van der Waals surface area contributed by atoms with E-state index in [0.717, 1.165) is 37.8 Å². The molecule has 2 aliphatic heterocycles. The number of aromatic nitrogens is 4. The van der Waals surface area contributed by atoms with Crippen LogP contribution >= 0.6 is 11.7 Å². The van der Waals surface area contributed by atoms with Crippen molar-refractivity contribution in [3.63, 3.8) is 0 Å². The van der Waals surface area contributed by atoms with Gasteiger partial charge in [-0.1, -0.05) is 6.42 Å². The van der Waals surface area contributed by atoms with E-state index in [-0.39, 0.29) is 12.6 Å². The summed E-state index contributed by atoms with van der Waals surface area (Å²) in [5.74, 6) is 1.24. The minimum absolute atomic E-state index is 0.147. The number of nitrogens with zero attached hydrogens (tertiary/aromatic N) is 7. The quantitative estimate of drug-likeness (QED) is 0.528. The number of piperazine rings is 1. The number of anilines is 2. The topological polar surface area (TPSA) is 126 Å². The molecule has 2 aliphatic rings. The number of hydrogen-bond acceptors (Lipinski definition) is 11. The first kappa shape index (κ1) is 23.1. The zero-order valence-corrected chi connectivity index (χ0v) is 19.2. The van der Waals surface area contributed by atoms with Crippen LogP contribution in [0.15, 0.2) is 12.3 Å². The Labute approximate surface area is 196 Å². The number of nitrogens with one attached hydrogen (secondary N) is 1. The van der Waals surface area contributed by atoms with Crippen LogP contribution in [0.5, 0.6) is 5.88 Å². The fourth-order valence-electron chi connectivity index (χ4n) is 3.76. The predicted octanol–water partition coefficient (Wildman–Crippen LogP) is 1.22. The maximum absolute atomic E-state index is 12.1. The summed E-state index contributed by atoms with van der Waals surface area (Å²) >= 11 is 1.07. The molecule has 0 unspecified atom stereocenters. The molecule has 0 bridgehead atoms. The highest BCUT2D eigenvalue weighted by Gasteiger charge is 2.22. The van der Waals surface area contributed by atoms with Crippen molar-refractivity contribution in [2.24, 2.45) is 0 Å². The number of likely N-dealkylation sites (tertiary alicyclic amines) is 1. The third-order valence-electron chi connectivity index (χ3n) is 5.58. The van der Waals surface area contributed by atoms with Crippen molar-refractivity contribution in [3.05, 3.63) is 18.0 Å². The van der Waals surface area contributed by atoms with Crippen LogP contribution in [0.3, 0.4) is 0 Å². The number of carbonyl (C=O) groups is 2. The standard InChI is InChI=1S/C20H28N8O4S/c29-15-27-8-10-28(11-9-27)17-18(25-33-24-17)32-14-16-4-5-21-19(22-16)23-20(30)31-13-12-26-6-2-1-3-7-26/h4-5,15H,1-3,6-14H2,(H,21,22,23,30). The van der Waals surface area contributed by atoms with Crippen LogP contribution in [0.4, 0.5) is 16.6 Å². The fraction of sp³-hybridized carbons (Fsp3) is 0.600. The second kappa shape index (κ2) is 11.7. The predicted molar refractivity (Wildman–Crippen MR) is 121 cm³/mol. The number of rotatable bonds is 9. The molecule has 0 radical (unpaired) electrons. The van der Waals surface area contributed by atoms with Crippen molar-refractivity contribution in [2.75, 3.05) is 62.6 Å². The largest absolute Gasteiger partial charge is 0.468 e. The molecule has 2 fully saturated rings. The third kappa shape index (κ3) is 6.71. The smallest absolute Gasteiger partial charge is 0.414 e. The van der Waals surface area contributed by atoms with Crippen LogP contribution in [-0.4, -0.2) is 93.4 Å². The highest BCUT2D eigenvalue weighted by atomic mass is 32.1. The molecular formula is C20H28N8O4S. The summed E-state index contributed by atoms with van der Waals surface area (Å²) in [5, 5.41) is 2.56. The lowest BCUT2D eigenvalue weighted by molar-refractivity contribution is -0.118. The molecule has 2 aromatic rings. The van der Waals surface area contributed by atoms with E-state index in [1.54, 1.807) is 17.2 Å². The molecular weight excluding hydrogens is 448 g/mol. The first-order chi connectivity index (χ1) is 16.2. The van der Waals surface area contributed by atoms with Gasteiger partial charge in [0.2, 0.25) is 18.2 Å². The Bertz CT molecular complexity index is 915. The average Bonchev–Trinajstić information content (AvgIpc) is 3.32. The van der Waals surface area contributed by atoms with E-state index in [9.17, 15) is 9.59 Å². The van der Waals surface area contributed by atoms with Crippen LogP contribution < -0.4 is 15.0 Å². The molecule has 0 aromatic carbocycles. The van der Waals surface area contributed by atoms with Gasteiger partial charge in [0.05, 0.1) is 17.4 Å². The summed E-state index contributed by atoms with van der Waals surface area (Å²) in [4.78, 5) is 37.4. The van der Waals surface area contributed by atoms with Gasteiger partial charge in [-0.3, -0.25) is 15.0 Å². The van der Waals surface area contributed by atoms with Crippen molar-refractivity contribution >= 4 is 36.0 Å². The van der Waals surface area contributed by atoms with Crippen molar-refractivity contribution in [2.45, 2.75) is 25.9 Å². The van der Waals surface area contributed by atoms with Crippen molar-refractivity contribution in [1.82, 2.24) is 28.5 Å². The van der Waals surface area contributed by atoms with E-state index in [1.807, 2.05) is 4.90 Å². The Hall–Kier alpha value is -3.06.